The number of aromatic nitrogens is 1. The van der Waals surface area contributed by atoms with Gasteiger partial charge in [-0.15, -0.1) is 0 Å². The molecule has 0 saturated carbocycles. The summed E-state index contributed by atoms with van der Waals surface area (Å²) in [4.78, 5) is 25.4. The van der Waals surface area contributed by atoms with E-state index in [1.807, 2.05) is 51.9 Å². The number of hydrogen-bond donors (Lipinski definition) is 1. The van der Waals surface area contributed by atoms with E-state index in [9.17, 15) is 4.79 Å². The second kappa shape index (κ2) is 10.5. The lowest BCUT2D eigenvalue weighted by Crippen LogP contribution is -2.47. The third-order valence-corrected chi connectivity index (χ3v) is 5.17. The van der Waals surface area contributed by atoms with Crippen LogP contribution in [0.4, 0.5) is 4.79 Å². The Labute approximate surface area is 175 Å². The molecule has 2 rings (SSSR count). The lowest BCUT2D eigenvalue weighted by molar-refractivity contribution is 0.0214. The molecule has 0 aliphatic carbocycles. The molecule has 0 atom stereocenters. The van der Waals surface area contributed by atoms with Crippen LogP contribution in [0, 0.1) is 12.8 Å². The number of amides is 1. The number of rotatable bonds is 5. The molecule has 1 aliphatic heterocycles. The summed E-state index contributed by atoms with van der Waals surface area (Å²) in [7, 11) is 1.82. The number of pyridine rings is 1. The summed E-state index contributed by atoms with van der Waals surface area (Å²) in [5, 5.41) is 3.44. The first-order chi connectivity index (χ1) is 13.7. The molecule has 0 unspecified atom stereocenters. The molecule has 0 radical (unpaired) electrons. The van der Waals surface area contributed by atoms with Gasteiger partial charge in [0.05, 0.1) is 12.2 Å². The van der Waals surface area contributed by atoms with Gasteiger partial charge in [0.2, 0.25) is 0 Å². The Morgan fingerprint density at radius 3 is 2.62 bits per heavy atom. The smallest absolute Gasteiger partial charge is 0.410 e. The van der Waals surface area contributed by atoms with Gasteiger partial charge in [0.25, 0.3) is 0 Å². The number of carbonyl (C=O) groups is 1. The first-order valence-corrected chi connectivity index (χ1v) is 10.6. The summed E-state index contributed by atoms with van der Waals surface area (Å²) in [5.74, 6) is 1.39. The van der Waals surface area contributed by atoms with Gasteiger partial charge in [-0.3, -0.25) is 9.98 Å². The lowest BCUT2D eigenvalue weighted by Gasteiger charge is -2.36. The van der Waals surface area contributed by atoms with Crippen LogP contribution >= 0.6 is 0 Å². The van der Waals surface area contributed by atoms with Crippen molar-refractivity contribution in [3.05, 3.63) is 29.6 Å². The summed E-state index contributed by atoms with van der Waals surface area (Å²) in [5.41, 5.74) is 1.76. The van der Waals surface area contributed by atoms with E-state index >= 15 is 0 Å². The van der Waals surface area contributed by atoms with Gasteiger partial charge in [0.15, 0.2) is 5.96 Å². The van der Waals surface area contributed by atoms with Crippen LogP contribution in [0.15, 0.2) is 23.3 Å². The molecule has 162 valence electrons. The Balaban J connectivity index is 1.83. The maximum Gasteiger partial charge on any atom is 0.410 e. The van der Waals surface area contributed by atoms with Gasteiger partial charge in [0.1, 0.15) is 5.60 Å². The van der Waals surface area contributed by atoms with Crippen molar-refractivity contribution < 1.29 is 9.53 Å². The van der Waals surface area contributed by atoms with Crippen molar-refractivity contribution in [2.24, 2.45) is 10.9 Å². The van der Waals surface area contributed by atoms with Gasteiger partial charge >= 0.3 is 6.09 Å². The normalized spacial score (nSPS) is 15.9. The Hall–Kier alpha value is -2.31. The van der Waals surface area contributed by atoms with E-state index < -0.39 is 5.60 Å². The molecule has 7 nitrogen and oxygen atoms in total. The molecule has 1 fully saturated rings. The molecular weight excluding hydrogens is 366 g/mol. The zero-order chi connectivity index (χ0) is 21.4. The topological polar surface area (TPSA) is 70.1 Å². The Kier molecular flexibility index (Phi) is 8.29. The summed E-state index contributed by atoms with van der Waals surface area (Å²) < 4.78 is 5.53. The zero-order valence-corrected chi connectivity index (χ0v) is 18.9. The molecular formula is C22H37N5O2. The van der Waals surface area contributed by atoms with Crippen molar-refractivity contribution in [2.45, 2.75) is 59.6 Å². The van der Waals surface area contributed by atoms with Crippen molar-refractivity contribution in [2.75, 3.05) is 33.2 Å². The monoisotopic (exact) mass is 403 g/mol. The first kappa shape index (κ1) is 23.0. The van der Waals surface area contributed by atoms with Crippen molar-refractivity contribution in [1.82, 2.24) is 20.1 Å². The maximum absolute atomic E-state index is 12.4. The molecule has 0 aromatic carbocycles. The molecule has 29 heavy (non-hydrogen) atoms. The number of likely N-dealkylation sites (tertiary alicyclic amines) is 1. The number of nitrogens with zero attached hydrogens (tertiary/aromatic N) is 4. The Morgan fingerprint density at radius 1 is 1.38 bits per heavy atom. The number of hydrogen-bond acceptors (Lipinski definition) is 4. The fourth-order valence-corrected chi connectivity index (χ4v) is 3.50. The van der Waals surface area contributed by atoms with E-state index in [4.69, 9.17) is 4.74 Å². The zero-order valence-electron chi connectivity index (χ0n) is 18.9. The van der Waals surface area contributed by atoms with Crippen LogP contribution in [0.3, 0.4) is 0 Å². The molecule has 1 amide bonds. The Morgan fingerprint density at radius 2 is 2.07 bits per heavy atom. The number of aliphatic imine (C=N–C) groups is 1. The summed E-state index contributed by atoms with van der Waals surface area (Å²) in [6.45, 7) is 13.7. The third-order valence-electron chi connectivity index (χ3n) is 5.17. The van der Waals surface area contributed by atoms with Crippen LogP contribution in [0.2, 0.25) is 0 Å². The van der Waals surface area contributed by atoms with Gasteiger partial charge in [-0.25, -0.2) is 4.79 Å². The van der Waals surface area contributed by atoms with Gasteiger partial charge in [-0.05, 0) is 65.0 Å². The van der Waals surface area contributed by atoms with E-state index in [0.717, 1.165) is 44.1 Å². The standard InChI is InChI=1S/C22H37N5O2/c1-7-26(21(28)29-22(3,4)5)16-18-10-13-27(14-11-18)20(23-6)25-15-19-17(2)9-8-12-24-19/h8-9,12,18H,7,10-11,13-16H2,1-6H3,(H,23,25). The largest absolute Gasteiger partial charge is 0.444 e. The highest BCUT2D eigenvalue weighted by Gasteiger charge is 2.27. The molecule has 7 heteroatoms. The van der Waals surface area contributed by atoms with Crippen LogP contribution in [0.5, 0.6) is 0 Å². The van der Waals surface area contributed by atoms with Gasteiger partial charge in [0, 0.05) is 39.4 Å². The number of guanidine groups is 1. The second-order valence-electron chi connectivity index (χ2n) is 8.62. The number of aryl methyl sites for hydroxylation is 1. The molecule has 0 bridgehead atoms. The van der Waals surface area contributed by atoms with Crippen LogP contribution in [0.1, 0.15) is 51.8 Å². The minimum Gasteiger partial charge on any atom is -0.444 e. The molecule has 1 aromatic rings. The third kappa shape index (κ3) is 7.22. The fraction of sp³-hybridized carbons (Fsp3) is 0.682. The number of carbonyl (C=O) groups excluding carboxylic acids is 1. The van der Waals surface area contributed by atoms with E-state index in [2.05, 4.69) is 33.2 Å². The highest BCUT2D eigenvalue weighted by molar-refractivity contribution is 5.80. The second-order valence-corrected chi connectivity index (χ2v) is 8.62. The molecule has 1 saturated heterocycles. The average molecular weight is 404 g/mol. The highest BCUT2D eigenvalue weighted by Crippen LogP contribution is 2.20. The number of ether oxygens (including phenoxy) is 1. The summed E-state index contributed by atoms with van der Waals surface area (Å²) in [6, 6.07) is 4.03. The van der Waals surface area contributed by atoms with Crippen molar-refractivity contribution in [3.63, 3.8) is 0 Å². The number of piperidine rings is 1. The van der Waals surface area contributed by atoms with E-state index in [1.165, 1.54) is 5.56 Å². The van der Waals surface area contributed by atoms with E-state index in [1.54, 1.807) is 0 Å². The van der Waals surface area contributed by atoms with Crippen LogP contribution in [0.25, 0.3) is 0 Å². The maximum atomic E-state index is 12.4. The van der Waals surface area contributed by atoms with Crippen molar-refractivity contribution in [1.29, 1.82) is 0 Å². The first-order valence-electron chi connectivity index (χ1n) is 10.6. The minimum atomic E-state index is -0.460. The van der Waals surface area contributed by atoms with Gasteiger partial charge < -0.3 is 19.9 Å². The predicted molar refractivity (Wildman–Crippen MR) is 117 cm³/mol. The van der Waals surface area contributed by atoms with Crippen LogP contribution in [-0.2, 0) is 11.3 Å². The van der Waals surface area contributed by atoms with E-state index in [0.29, 0.717) is 19.0 Å². The lowest BCUT2D eigenvalue weighted by atomic mass is 9.96. The molecule has 1 aromatic heterocycles. The summed E-state index contributed by atoms with van der Waals surface area (Å²) >= 11 is 0. The summed E-state index contributed by atoms with van der Waals surface area (Å²) in [6.07, 6.45) is 3.67. The minimum absolute atomic E-state index is 0.217. The van der Waals surface area contributed by atoms with Gasteiger partial charge in [-0.1, -0.05) is 6.07 Å². The van der Waals surface area contributed by atoms with Crippen LogP contribution in [-0.4, -0.2) is 65.7 Å². The van der Waals surface area contributed by atoms with Crippen molar-refractivity contribution in [3.8, 4) is 0 Å². The number of nitrogens with one attached hydrogen (secondary N) is 1. The quantitative estimate of drug-likeness (QED) is 0.602. The molecule has 2 heterocycles. The highest BCUT2D eigenvalue weighted by atomic mass is 16.6. The Bertz CT molecular complexity index is 691. The molecule has 1 N–H and O–H groups in total. The van der Waals surface area contributed by atoms with Crippen molar-refractivity contribution >= 4 is 12.1 Å². The molecule has 1 aliphatic rings. The van der Waals surface area contributed by atoms with Crippen LogP contribution < -0.4 is 5.32 Å². The van der Waals surface area contributed by atoms with Gasteiger partial charge in [-0.2, -0.15) is 0 Å². The predicted octanol–water partition coefficient (Wildman–Crippen LogP) is 3.43. The SMILES string of the molecule is CCN(CC1CCN(C(=NC)NCc2ncccc2C)CC1)C(=O)OC(C)(C)C. The van der Waals surface area contributed by atoms with E-state index in [-0.39, 0.29) is 6.09 Å². The molecule has 0 spiro atoms. The fourth-order valence-electron chi connectivity index (χ4n) is 3.50. The average Bonchev–Trinajstić information content (AvgIpc) is 2.67.